The number of primary amides is 1. The molecule has 0 aromatic heterocycles. The van der Waals surface area contributed by atoms with E-state index in [4.69, 9.17) is 5.73 Å². The molecule has 1 amide bonds. The van der Waals surface area contributed by atoms with Gasteiger partial charge in [0.2, 0.25) is 5.91 Å². The van der Waals surface area contributed by atoms with Crippen molar-refractivity contribution in [2.75, 3.05) is 0 Å². The number of piperidine rings is 1. The number of hydrogen-bond acceptors (Lipinski definition) is 2. The third-order valence-corrected chi connectivity index (χ3v) is 2.67. The zero-order valence-electron chi connectivity index (χ0n) is 5.84. The highest BCUT2D eigenvalue weighted by atomic mass is 16.1. The first-order valence-corrected chi connectivity index (χ1v) is 3.83. The lowest BCUT2D eigenvalue weighted by atomic mass is 10.00. The summed E-state index contributed by atoms with van der Waals surface area (Å²) >= 11 is 0. The van der Waals surface area contributed by atoms with Crippen molar-refractivity contribution >= 4 is 5.91 Å². The Morgan fingerprint density at radius 3 is 2.60 bits per heavy atom. The average Bonchev–Trinajstić information content (AvgIpc) is 2.44. The molecule has 3 heteroatoms. The summed E-state index contributed by atoms with van der Waals surface area (Å²) in [6.45, 7) is 0. The highest BCUT2D eigenvalue weighted by molar-refractivity contribution is 5.80. The molecule has 2 rings (SSSR count). The first-order valence-electron chi connectivity index (χ1n) is 3.83. The van der Waals surface area contributed by atoms with Crippen LogP contribution in [0.3, 0.4) is 0 Å². The minimum atomic E-state index is -0.174. The van der Waals surface area contributed by atoms with E-state index in [1.165, 1.54) is 12.8 Å². The van der Waals surface area contributed by atoms with Gasteiger partial charge in [0, 0.05) is 6.04 Å². The Bertz CT molecular complexity index is 169. The fraction of sp³-hybridized carbons (Fsp3) is 0.857. The molecule has 3 nitrogen and oxygen atoms in total. The minimum absolute atomic E-state index is 0.0150. The molecule has 2 fully saturated rings. The number of nitrogens with one attached hydrogen (secondary N) is 1. The molecule has 3 N–H and O–H groups in total. The minimum Gasteiger partial charge on any atom is -0.368 e. The van der Waals surface area contributed by atoms with Gasteiger partial charge in [-0.3, -0.25) is 4.79 Å². The molecular weight excluding hydrogens is 128 g/mol. The number of hydrogen-bond donors (Lipinski definition) is 2. The normalized spacial score (nSPS) is 44.2. The highest BCUT2D eigenvalue weighted by Gasteiger charge is 2.41. The van der Waals surface area contributed by atoms with Crippen molar-refractivity contribution in [3.05, 3.63) is 0 Å². The Hall–Kier alpha value is -0.570. The van der Waals surface area contributed by atoms with E-state index in [2.05, 4.69) is 5.32 Å². The summed E-state index contributed by atoms with van der Waals surface area (Å²) in [7, 11) is 0. The van der Waals surface area contributed by atoms with Crippen LogP contribution in [-0.4, -0.2) is 18.0 Å². The summed E-state index contributed by atoms with van der Waals surface area (Å²) in [6, 6.07) is 0.571. The first kappa shape index (κ1) is 6.16. The second-order valence-corrected chi connectivity index (χ2v) is 3.32. The maximum absolute atomic E-state index is 10.8. The number of fused-ring (bicyclic) bond motifs is 2. The summed E-state index contributed by atoms with van der Waals surface area (Å²) in [5.74, 6) is 0.370. The molecule has 1 saturated carbocycles. The van der Waals surface area contributed by atoms with Crippen molar-refractivity contribution in [2.45, 2.75) is 31.3 Å². The van der Waals surface area contributed by atoms with Crippen LogP contribution in [0.1, 0.15) is 19.3 Å². The van der Waals surface area contributed by atoms with Crippen LogP contribution in [0.2, 0.25) is 0 Å². The van der Waals surface area contributed by atoms with Crippen LogP contribution in [0.5, 0.6) is 0 Å². The van der Waals surface area contributed by atoms with Crippen molar-refractivity contribution in [1.29, 1.82) is 0 Å². The second kappa shape index (κ2) is 1.95. The van der Waals surface area contributed by atoms with Gasteiger partial charge in [0.1, 0.15) is 0 Å². The van der Waals surface area contributed by atoms with Crippen LogP contribution in [0, 0.1) is 5.92 Å². The Kier molecular flexibility index (Phi) is 1.20. The largest absolute Gasteiger partial charge is 0.368 e. The van der Waals surface area contributed by atoms with E-state index >= 15 is 0 Å². The van der Waals surface area contributed by atoms with E-state index in [-0.39, 0.29) is 11.9 Å². The molecule has 1 aliphatic carbocycles. The monoisotopic (exact) mass is 140 g/mol. The summed E-state index contributed by atoms with van der Waals surface area (Å²) in [5.41, 5.74) is 5.18. The summed E-state index contributed by atoms with van der Waals surface area (Å²) < 4.78 is 0. The fourth-order valence-corrected chi connectivity index (χ4v) is 2.17. The molecule has 0 radical (unpaired) electrons. The second-order valence-electron chi connectivity index (χ2n) is 3.32. The smallest absolute Gasteiger partial charge is 0.234 e. The van der Waals surface area contributed by atoms with Crippen molar-refractivity contribution in [1.82, 2.24) is 5.32 Å². The molecule has 1 heterocycles. The van der Waals surface area contributed by atoms with Gasteiger partial charge < -0.3 is 11.1 Å². The van der Waals surface area contributed by atoms with Gasteiger partial charge in [0.05, 0.1) is 6.04 Å². The molecule has 10 heavy (non-hydrogen) atoms. The number of amides is 1. The van der Waals surface area contributed by atoms with Crippen LogP contribution in [0.15, 0.2) is 0 Å². The zero-order chi connectivity index (χ0) is 7.14. The van der Waals surface area contributed by atoms with E-state index in [0.717, 1.165) is 6.42 Å². The van der Waals surface area contributed by atoms with Crippen molar-refractivity contribution in [2.24, 2.45) is 11.7 Å². The third kappa shape index (κ3) is 0.736. The lowest BCUT2D eigenvalue weighted by Crippen LogP contribution is -2.45. The molecule has 0 aromatic carbocycles. The molecule has 0 spiro atoms. The van der Waals surface area contributed by atoms with Gasteiger partial charge in [0.15, 0.2) is 0 Å². The Balaban J connectivity index is 2.08. The quantitative estimate of drug-likeness (QED) is 0.521. The van der Waals surface area contributed by atoms with Gasteiger partial charge in [-0.05, 0) is 25.2 Å². The van der Waals surface area contributed by atoms with Gasteiger partial charge in [-0.2, -0.15) is 0 Å². The molecule has 2 bridgehead atoms. The zero-order valence-corrected chi connectivity index (χ0v) is 5.84. The molecular formula is C7H12N2O. The number of nitrogens with two attached hydrogens (primary N) is 1. The van der Waals surface area contributed by atoms with Gasteiger partial charge >= 0.3 is 0 Å². The number of rotatable bonds is 1. The van der Waals surface area contributed by atoms with E-state index < -0.39 is 0 Å². The third-order valence-electron chi connectivity index (χ3n) is 2.67. The van der Waals surface area contributed by atoms with Gasteiger partial charge in [-0.25, -0.2) is 0 Å². The Labute approximate surface area is 60.0 Å². The molecule has 2 aliphatic rings. The van der Waals surface area contributed by atoms with Crippen LogP contribution in [-0.2, 0) is 4.79 Å². The van der Waals surface area contributed by atoms with Crippen molar-refractivity contribution < 1.29 is 4.79 Å². The van der Waals surface area contributed by atoms with Crippen molar-refractivity contribution in [3.63, 3.8) is 0 Å². The van der Waals surface area contributed by atoms with Gasteiger partial charge in [-0.15, -0.1) is 0 Å². The van der Waals surface area contributed by atoms with E-state index in [0.29, 0.717) is 12.0 Å². The Morgan fingerprint density at radius 2 is 2.30 bits per heavy atom. The van der Waals surface area contributed by atoms with E-state index in [1.807, 2.05) is 0 Å². The van der Waals surface area contributed by atoms with Crippen LogP contribution in [0.25, 0.3) is 0 Å². The summed E-state index contributed by atoms with van der Waals surface area (Å²) in [5, 5.41) is 3.22. The number of carbonyl (C=O) groups is 1. The van der Waals surface area contributed by atoms with E-state index in [1.54, 1.807) is 0 Å². The number of carbonyl (C=O) groups excluding carboxylic acids is 1. The predicted molar refractivity (Wildman–Crippen MR) is 37.2 cm³/mol. The molecule has 1 aliphatic heterocycles. The SMILES string of the molecule is NC(=O)C1NC2CCC1C2. The predicted octanol–water partition coefficient (Wildman–Crippen LogP) is -0.388. The standard InChI is InChI=1S/C7H12N2O/c8-7(10)6-4-1-2-5(3-4)9-6/h4-6,9H,1-3H2,(H2,8,10). The van der Waals surface area contributed by atoms with Gasteiger partial charge in [0.25, 0.3) is 0 Å². The molecule has 3 atom stereocenters. The molecule has 0 aromatic rings. The molecule has 3 unspecified atom stereocenters. The van der Waals surface area contributed by atoms with Gasteiger partial charge in [-0.1, -0.05) is 0 Å². The van der Waals surface area contributed by atoms with Crippen LogP contribution < -0.4 is 11.1 Å². The molecule has 1 saturated heterocycles. The maximum atomic E-state index is 10.8. The lowest BCUT2D eigenvalue weighted by Gasteiger charge is -2.19. The highest BCUT2D eigenvalue weighted by Crippen LogP contribution is 2.34. The van der Waals surface area contributed by atoms with Crippen molar-refractivity contribution in [3.8, 4) is 0 Å². The van der Waals surface area contributed by atoms with E-state index in [9.17, 15) is 4.79 Å². The summed E-state index contributed by atoms with van der Waals surface area (Å²) in [4.78, 5) is 10.8. The maximum Gasteiger partial charge on any atom is 0.234 e. The lowest BCUT2D eigenvalue weighted by molar-refractivity contribution is -0.120. The Morgan fingerprint density at radius 1 is 1.50 bits per heavy atom. The average molecular weight is 140 g/mol. The van der Waals surface area contributed by atoms with Crippen LogP contribution in [0.4, 0.5) is 0 Å². The first-order chi connectivity index (χ1) is 4.77. The van der Waals surface area contributed by atoms with Crippen LogP contribution >= 0.6 is 0 Å². The fourth-order valence-electron chi connectivity index (χ4n) is 2.17. The summed E-state index contributed by atoms with van der Waals surface area (Å²) in [6.07, 6.45) is 3.58. The molecule has 56 valence electrons. The topological polar surface area (TPSA) is 55.1 Å².